The highest BCUT2D eigenvalue weighted by molar-refractivity contribution is 9.10. The summed E-state index contributed by atoms with van der Waals surface area (Å²) in [5, 5.41) is 9.40. The van der Waals surface area contributed by atoms with Crippen molar-refractivity contribution in [1.82, 2.24) is 0 Å². The van der Waals surface area contributed by atoms with Crippen LogP contribution < -0.4 is 4.90 Å². The van der Waals surface area contributed by atoms with Crippen LogP contribution in [0.4, 0.5) is 5.69 Å². The summed E-state index contributed by atoms with van der Waals surface area (Å²) in [6.07, 6.45) is 3.15. The zero-order valence-corrected chi connectivity index (χ0v) is 12.5. The fourth-order valence-corrected chi connectivity index (χ4v) is 3.88. The minimum atomic E-state index is -0.970. The van der Waals surface area contributed by atoms with Crippen LogP contribution in [0.2, 0.25) is 0 Å². The molecule has 6 heteroatoms. The van der Waals surface area contributed by atoms with E-state index in [1.54, 1.807) is 11.0 Å². The van der Waals surface area contributed by atoms with Crippen molar-refractivity contribution < 1.29 is 19.4 Å². The molecular weight excluding hydrogens is 338 g/mol. The lowest BCUT2D eigenvalue weighted by molar-refractivity contribution is -0.146. The van der Waals surface area contributed by atoms with E-state index < -0.39 is 29.5 Å². The van der Waals surface area contributed by atoms with Crippen LogP contribution in [0, 0.1) is 11.8 Å². The van der Waals surface area contributed by atoms with Crippen molar-refractivity contribution in [2.45, 2.75) is 11.7 Å². The van der Waals surface area contributed by atoms with Gasteiger partial charge in [0.2, 0.25) is 5.91 Å². The van der Waals surface area contributed by atoms with Crippen LogP contribution in [0.25, 0.3) is 0 Å². The summed E-state index contributed by atoms with van der Waals surface area (Å²) in [6.45, 7) is 0.370. The number of hydrogen-bond acceptors (Lipinski definition) is 3. The van der Waals surface area contributed by atoms with E-state index in [2.05, 4.69) is 15.9 Å². The standard InChI is InChI=1S/C15H12BrNO4/c16-8-1-3-9(4-2-8)17-7-15-6-5-10(21-15)11(14(19)20)12(15)13(17)18/h1-6,10-12H,7H2,(H,19,20)/t10-,11?,12-,15+/m0/s1. The van der Waals surface area contributed by atoms with Crippen molar-refractivity contribution in [2.75, 3.05) is 11.4 Å². The number of benzene rings is 1. The van der Waals surface area contributed by atoms with E-state index in [1.165, 1.54) is 0 Å². The van der Waals surface area contributed by atoms with Gasteiger partial charge >= 0.3 is 5.97 Å². The molecule has 5 nitrogen and oxygen atoms in total. The van der Waals surface area contributed by atoms with Gasteiger partial charge in [0.15, 0.2) is 0 Å². The molecule has 1 aromatic carbocycles. The minimum absolute atomic E-state index is 0.170. The molecule has 2 saturated heterocycles. The molecule has 1 spiro atoms. The van der Waals surface area contributed by atoms with Gasteiger partial charge in [0.1, 0.15) is 11.5 Å². The Labute approximate surface area is 129 Å². The third kappa shape index (κ3) is 1.66. The van der Waals surface area contributed by atoms with Crippen molar-refractivity contribution in [3.05, 3.63) is 40.9 Å². The lowest BCUT2D eigenvalue weighted by Crippen LogP contribution is -2.39. The van der Waals surface area contributed by atoms with E-state index in [4.69, 9.17) is 4.74 Å². The van der Waals surface area contributed by atoms with E-state index in [9.17, 15) is 14.7 Å². The Balaban J connectivity index is 1.73. The summed E-state index contributed by atoms with van der Waals surface area (Å²) < 4.78 is 6.77. The number of rotatable bonds is 2. The highest BCUT2D eigenvalue weighted by Gasteiger charge is 2.67. The lowest BCUT2D eigenvalue weighted by atomic mass is 9.77. The van der Waals surface area contributed by atoms with Crippen molar-refractivity contribution in [3.8, 4) is 0 Å². The second-order valence-corrected chi connectivity index (χ2v) is 6.55. The second-order valence-electron chi connectivity index (χ2n) is 5.64. The van der Waals surface area contributed by atoms with Gasteiger partial charge < -0.3 is 14.7 Å². The van der Waals surface area contributed by atoms with Gasteiger partial charge in [0.25, 0.3) is 0 Å². The average Bonchev–Trinajstić information content (AvgIpc) is 3.08. The molecule has 0 aromatic heterocycles. The maximum atomic E-state index is 12.7. The SMILES string of the molecule is O=C(O)C1[C@@H]2C=C[C@]3(CN(c4ccc(Br)cc4)C(=O)[C@H]13)O2. The fourth-order valence-electron chi connectivity index (χ4n) is 3.62. The molecule has 2 bridgehead atoms. The van der Waals surface area contributed by atoms with E-state index in [1.807, 2.05) is 30.3 Å². The van der Waals surface area contributed by atoms with Gasteiger partial charge in [0, 0.05) is 10.2 Å². The quantitative estimate of drug-likeness (QED) is 0.827. The Bertz CT molecular complexity index is 671. The molecule has 1 aromatic rings. The first-order valence-electron chi connectivity index (χ1n) is 6.69. The molecule has 2 fully saturated rings. The van der Waals surface area contributed by atoms with E-state index in [0.29, 0.717) is 6.54 Å². The van der Waals surface area contributed by atoms with Gasteiger partial charge in [-0.15, -0.1) is 0 Å². The van der Waals surface area contributed by atoms with Gasteiger partial charge in [-0.25, -0.2) is 0 Å². The number of hydrogen-bond donors (Lipinski definition) is 1. The fraction of sp³-hybridized carbons (Fsp3) is 0.333. The summed E-state index contributed by atoms with van der Waals surface area (Å²) in [4.78, 5) is 25.8. The lowest BCUT2D eigenvalue weighted by Gasteiger charge is -2.21. The minimum Gasteiger partial charge on any atom is -0.481 e. The molecule has 0 aliphatic carbocycles. The Hall–Kier alpha value is -1.66. The van der Waals surface area contributed by atoms with Crippen molar-refractivity contribution in [2.24, 2.45) is 11.8 Å². The molecule has 1 N–H and O–H groups in total. The number of carbonyl (C=O) groups is 2. The first-order valence-corrected chi connectivity index (χ1v) is 7.48. The number of halogens is 1. The summed E-state index contributed by atoms with van der Waals surface area (Å²) in [6, 6.07) is 7.39. The van der Waals surface area contributed by atoms with Crippen LogP contribution in [-0.4, -0.2) is 35.2 Å². The number of carboxylic acids is 1. The van der Waals surface area contributed by atoms with Gasteiger partial charge in [0.05, 0.1) is 18.6 Å². The Kier molecular flexibility index (Phi) is 2.59. The van der Waals surface area contributed by atoms with Crippen LogP contribution in [-0.2, 0) is 14.3 Å². The normalized spacial score (nSPS) is 36.3. The van der Waals surface area contributed by atoms with E-state index in [0.717, 1.165) is 10.2 Å². The molecule has 1 amide bonds. The summed E-state index contributed by atoms with van der Waals surface area (Å²) in [7, 11) is 0. The molecule has 0 radical (unpaired) electrons. The number of ether oxygens (including phenoxy) is 1. The van der Waals surface area contributed by atoms with Crippen LogP contribution in [0.15, 0.2) is 40.9 Å². The molecular formula is C15H12BrNO4. The molecule has 3 heterocycles. The Morgan fingerprint density at radius 1 is 1.38 bits per heavy atom. The highest BCUT2D eigenvalue weighted by Crippen LogP contribution is 2.52. The number of carboxylic acid groups (broad SMARTS) is 1. The average molecular weight is 350 g/mol. The van der Waals surface area contributed by atoms with E-state index in [-0.39, 0.29) is 5.91 Å². The zero-order chi connectivity index (χ0) is 14.8. The first kappa shape index (κ1) is 13.0. The number of fused-ring (bicyclic) bond motifs is 1. The maximum Gasteiger partial charge on any atom is 0.310 e. The highest BCUT2D eigenvalue weighted by atomic mass is 79.9. The predicted octanol–water partition coefficient (Wildman–Crippen LogP) is 1.82. The number of aliphatic carboxylic acids is 1. The predicted molar refractivity (Wildman–Crippen MR) is 77.9 cm³/mol. The van der Waals surface area contributed by atoms with Crippen molar-refractivity contribution in [1.29, 1.82) is 0 Å². The molecule has 108 valence electrons. The topological polar surface area (TPSA) is 66.8 Å². The number of amides is 1. The number of anilines is 1. The summed E-state index contributed by atoms with van der Waals surface area (Å²) in [5.74, 6) is -2.56. The van der Waals surface area contributed by atoms with Crippen LogP contribution in [0.3, 0.4) is 0 Å². The van der Waals surface area contributed by atoms with Crippen molar-refractivity contribution >= 4 is 33.5 Å². The van der Waals surface area contributed by atoms with Crippen molar-refractivity contribution in [3.63, 3.8) is 0 Å². The third-order valence-electron chi connectivity index (χ3n) is 4.52. The monoisotopic (exact) mass is 349 g/mol. The molecule has 21 heavy (non-hydrogen) atoms. The molecule has 4 atom stereocenters. The summed E-state index contributed by atoms with van der Waals surface area (Å²) >= 11 is 3.36. The molecule has 0 saturated carbocycles. The Morgan fingerprint density at radius 3 is 2.76 bits per heavy atom. The van der Waals surface area contributed by atoms with Gasteiger partial charge in [-0.3, -0.25) is 9.59 Å². The maximum absolute atomic E-state index is 12.7. The zero-order valence-electron chi connectivity index (χ0n) is 10.9. The molecule has 1 unspecified atom stereocenters. The van der Waals surface area contributed by atoms with Crippen LogP contribution in [0.5, 0.6) is 0 Å². The summed E-state index contributed by atoms with van der Waals surface area (Å²) in [5.41, 5.74) is -0.0192. The molecule has 3 aliphatic heterocycles. The molecule has 4 rings (SSSR count). The number of nitrogens with zero attached hydrogens (tertiary/aromatic N) is 1. The van der Waals surface area contributed by atoms with Gasteiger partial charge in [-0.05, 0) is 24.3 Å². The second kappa shape index (κ2) is 4.18. The van der Waals surface area contributed by atoms with Crippen LogP contribution in [0.1, 0.15) is 0 Å². The largest absolute Gasteiger partial charge is 0.481 e. The van der Waals surface area contributed by atoms with Crippen LogP contribution >= 0.6 is 15.9 Å². The third-order valence-corrected chi connectivity index (χ3v) is 5.05. The first-order chi connectivity index (χ1) is 10.0. The number of carbonyl (C=O) groups excluding carboxylic acids is 1. The van der Waals surface area contributed by atoms with E-state index >= 15 is 0 Å². The molecule has 3 aliphatic rings. The smallest absolute Gasteiger partial charge is 0.310 e. The van der Waals surface area contributed by atoms with Gasteiger partial charge in [-0.1, -0.05) is 28.1 Å². The Morgan fingerprint density at radius 2 is 2.10 bits per heavy atom. The van der Waals surface area contributed by atoms with Gasteiger partial charge in [-0.2, -0.15) is 0 Å².